The van der Waals surface area contributed by atoms with Crippen molar-refractivity contribution in [1.29, 1.82) is 0 Å². The summed E-state index contributed by atoms with van der Waals surface area (Å²) in [5.74, 6) is 1.60. The summed E-state index contributed by atoms with van der Waals surface area (Å²) in [7, 11) is 1.46. The number of esters is 1. The Hall–Kier alpha value is -1.43. The van der Waals surface area contributed by atoms with Gasteiger partial charge in [0.05, 0.1) is 13.7 Å². The van der Waals surface area contributed by atoms with Gasteiger partial charge in [-0.2, -0.15) is 0 Å². The van der Waals surface area contributed by atoms with Gasteiger partial charge in [-0.15, -0.1) is 10.2 Å². The van der Waals surface area contributed by atoms with Gasteiger partial charge in [-0.05, 0) is 25.2 Å². The zero-order chi connectivity index (χ0) is 14.1. The second-order valence-corrected chi connectivity index (χ2v) is 5.77. The summed E-state index contributed by atoms with van der Waals surface area (Å²) in [6.07, 6.45) is 5.74. The van der Waals surface area contributed by atoms with E-state index in [-0.39, 0.29) is 12.0 Å². The van der Waals surface area contributed by atoms with E-state index in [4.69, 9.17) is 9.15 Å². The third kappa shape index (κ3) is 2.44. The molecule has 0 aromatic carbocycles. The van der Waals surface area contributed by atoms with E-state index in [2.05, 4.69) is 15.1 Å². The number of fused-ring (bicyclic) bond motifs is 1. The van der Waals surface area contributed by atoms with Crippen molar-refractivity contribution in [3.8, 4) is 0 Å². The summed E-state index contributed by atoms with van der Waals surface area (Å²) in [5, 5.41) is 7.92. The van der Waals surface area contributed by atoms with E-state index in [0.717, 1.165) is 12.8 Å². The van der Waals surface area contributed by atoms with Crippen molar-refractivity contribution in [1.82, 2.24) is 15.1 Å². The zero-order valence-electron chi connectivity index (χ0n) is 12.0. The van der Waals surface area contributed by atoms with Gasteiger partial charge >= 0.3 is 5.97 Å². The lowest BCUT2D eigenvalue weighted by Gasteiger charge is -2.32. The Labute approximate surface area is 118 Å². The molecule has 0 amide bonds. The number of carbonyl (C=O) groups is 1. The lowest BCUT2D eigenvalue weighted by atomic mass is 9.85. The highest BCUT2D eigenvalue weighted by molar-refractivity contribution is 5.76. The maximum Gasteiger partial charge on any atom is 0.323 e. The molecule has 1 aromatic heterocycles. The SMILES string of the molecule is COC(=O)C1CC2CCCCC2N1Cc1nnc(C)o1. The number of carbonyl (C=O) groups excluding carboxylic acids is 1. The fourth-order valence-corrected chi connectivity index (χ4v) is 3.71. The third-order valence-corrected chi connectivity index (χ3v) is 4.58. The summed E-state index contributed by atoms with van der Waals surface area (Å²) in [4.78, 5) is 14.2. The number of hydrogen-bond acceptors (Lipinski definition) is 6. The predicted molar refractivity (Wildman–Crippen MR) is 70.7 cm³/mol. The Morgan fingerprint density at radius 2 is 2.20 bits per heavy atom. The summed E-state index contributed by atoms with van der Waals surface area (Å²) >= 11 is 0. The molecule has 3 rings (SSSR count). The molecule has 3 unspecified atom stereocenters. The van der Waals surface area contributed by atoms with Crippen LogP contribution < -0.4 is 0 Å². The van der Waals surface area contributed by atoms with Crippen LogP contribution in [0.15, 0.2) is 4.42 Å². The molecule has 2 fully saturated rings. The number of rotatable bonds is 3. The molecular formula is C14H21N3O3. The average molecular weight is 279 g/mol. The van der Waals surface area contributed by atoms with Crippen LogP contribution in [0.1, 0.15) is 43.9 Å². The quantitative estimate of drug-likeness (QED) is 0.784. The highest BCUT2D eigenvalue weighted by Gasteiger charge is 2.46. The van der Waals surface area contributed by atoms with E-state index in [1.807, 2.05) is 0 Å². The van der Waals surface area contributed by atoms with Crippen molar-refractivity contribution in [2.75, 3.05) is 7.11 Å². The van der Waals surface area contributed by atoms with Crippen molar-refractivity contribution in [2.24, 2.45) is 5.92 Å². The Morgan fingerprint density at radius 1 is 1.40 bits per heavy atom. The normalized spacial score (nSPS) is 30.2. The first-order valence-electron chi connectivity index (χ1n) is 7.31. The van der Waals surface area contributed by atoms with E-state index < -0.39 is 0 Å². The Bertz CT molecular complexity index is 488. The van der Waals surface area contributed by atoms with Gasteiger partial charge in [0.2, 0.25) is 11.8 Å². The zero-order valence-corrected chi connectivity index (χ0v) is 12.0. The Balaban J connectivity index is 1.80. The molecule has 110 valence electrons. The second-order valence-electron chi connectivity index (χ2n) is 5.77. The molecule has 1 aliphatic heterocycles. The molecular weight excluding hydrogens is 258 g/mol. The smallest absolute Gasteiger partial charge is 0.323 e. The maximum atomic E-state index is 12.0. The molecule has 2 heterocycles. The van der Waals surface area contributed by atoms with Gasteiger partial charge < -0.3 is 9.15 Å². The van der Waals surface area contributed by atoms with Gasteiger partial charge in [0.15, 0.2) is 0 Å². The lowest BCUT2D eigenvalue weighted by Crippen LogP contribution is -2.42. The summed E-state index contributed by atoms with van der Waals surface area (Å²) < 4.78 is 10.4. The van der Waals surface area contributed by atoms with Crippen LogP contribution in [-0.4, -0.2) is 40.3 Å². The third-order valence-electron chi connectivity index (χ3n) is 4.58. The number of ether oxygens (including phenoxy) is 1. The number of aromatic nitrogens is 2. The van der Waals surface area contributed by atoms with Crippen LogP contribution in [0, 0.1) is 12.8 Å². The monoisotopic (exact) mass is 279 g/mol. The minimum atomic E-state index is -0.166. The fraction of sp³-hybridized carbons (Fsp3) is 0.786. The van der Waals surface area contributed by atoms with E-state index in [1.165, 1.54) is 26.4 Å². The number of aryl methyl sites for hydroxylation is 1. The standard InChI is InChI=1S/C14H21N3O3/c1-9-15-16-13(20-9)8-17-11-6-4-3-5-10(11)7-12(17)14(18)19-2/h10-12H,3-8H2,1-2H3. The van der Waals surface area contributed by atoms with Crippen molar-refractivity contribution in [3.63, 3.8) is 0 Å². The highest BCUT2D eigenvalue weighted by atomic mass is 16.5. The molecule has 3 atom stereocenters. The van der Waals surface area contributed by atoms with Crippen LogP contribution in [0.2, 0.25) is 0 Å². The Morgan fingerprint density at radius 3 is 2.90 bits per heavy atom. The summed E-state index contributed by atoms with van der Waals surface area (Å²) in [6, 6.07) is 0.278. The first kappa shape index (κ1) is 13.5. The van der Waals surface area contributed by atoms with Crippen LogP contribution in [0.4, 0.5) is 0 Å². The summed E-state index contributed by atoms with van der Waals surface area (Å²) in [6.45, 7) is 2.32. The first-order chi connectivity index (χ1) is 9.69. The van der Waals surface area contributed by atoms with Crippen LogP contribution in [0.3, 0.4) is 0 Å². The number of methoxy groups -OCH3 is 1. The van der Waals surface area contributed by atoms with Crippen molar-refractivity contribution < 1.29 is 13.9 Å². The number of hydrogen-bond donors (Lipinski definition) is 0. The Kier molecular flexibility index (Phi) is 3.74. The summed E-state index contributed by atoms with van der Waals surface area (Å²) in [5.41, 5.74) is 0. The minimum absolute atomic E-state index is 0.143. The predicted octanol–water partition coefficient (Wildman–Crippen LogP) is 1.68. The molecule has 6 nitrogen and oxygen atoms in total. The largest absolute Gasteiger partial charge is 0.468 e. The molecule has 1 saturated heterocycles. The molecule has 0 N–H and O–H groups in total. The van der Waals surface area contributed by atoms with E-state index in [0.29, 0.717) is 30.3 Å². The van der Waals surface area contributed by atoms with Crippen LogP contribution >= 0.6 is 0 Å². The van der Waals surface area contributed by atoms with Crippen molar-refractivity contribution in [3.05, 3.63) is 11.8 Å². The van der Waals surface area contributed by atoms with E-state index in [9.17, 15) is 4.79 Å². The molecule has 0 bridgehead atoms. The van der Waals surface area contributed by atoms with Crippen LogP contribution in [0.5, 0.6) is 0 Å². The van der Waals surface area contributed by atoms with E-state index >= 15 is 0 Å². The lowest BCUT2D eigenvalue weighted by molar-refractivity contribution is -0.146. The molecule has 1 saturated carbocycles. The van der Waals surface area contributed by atoms with Crippen molar-refractivity contribution in [2.45, 2.75) is 57.7 Å². The minimum Gasteiger partial charge on any atom is -0.468 e. The van der Waals surface area contributed by atoms with E-state index in [1.54, 1.807) is 6.92 Å². The molecule has 1 aliphatic carbocycles. The van der Waals surface area contributed by atoms with Gasteiger partial charge in [0.25, 0.3) is 0 Å². The topological polar surface area (TPSA) is 68.5 Å². The van der Waals surface area contributed by atoms with Gasteiger partial charge in [-0.3, -0.25) is 9.69 Å². The number of nitrogens with zero attached hydrogens (tertiary/aromatic N) is 3. The van der Waals surface area contributed by atoms with Gasteiger partial charge in [-0.1, -0.05) is 12.8 Å². The average Bonchev–Trinajstić information content (AvgIpc) is 3.03. The van der Waals surface area contributed by atoms with Crippen molar-refractivity contribution >= 4 is 5.97 Å². The van der Waals surface area contributed by atoms with Gasteiger partial charge in [0, 0.05) is 13.0 Å². The van der Waals surface area contributed by atoms with Gasteiger partial charge in [-0.25, -0.2) is 0 Å². The fourth-order valence-electron chi connectivity index (χ4n) is 3.71. The van der Waals surface area contributed by atoms with Crippen LogP contribution in [-0.2, 0) is 16.1 Å². The molecule has 6 heteroatoms. The second kappa shape index (κ2) is 5.52. The van der Waals surface area contributed by atoms with Gasteiger partial charge in [0.1, 0.15) is 6.04 Å². The molecule has 0 radical (unpaired) electrons. The number of likely N-dealkylation sites (tertiary alicyclic amines) is 1. The molecule has 20 heavy (non-hydrogen) atoms. The molecule has 0 spiro atoms. The van der Waals surface area contributed by atoms with Crippen LogP contribution in [0.25, 0.3) is 0 Å². The molecule has 2 aliphatic rings. The highest BCUT2D eigenvalue weighted by Crippen LogP contribution is 2.40. The molecule has 1 aromatic rings. The first-order valence-corrected chi connectivity index (χ1v) is 7.31. The maximum absolute atomic E-state index is 12.0.